The van der Waals surface area contributed by atoms with E-state index in [4.69, 9.17) is 8.60 Å². The van der Waals surface area contributed by atoms with E-state index in [-0.39, 0.29) is 0 Å². The van der Waals surface area contributed by atoms with E-state index in [0.29, 0.717) is 5.95 Å². The molecule has 0 saturated carbocycles. The van der Waals surface area contributed by atoms with Gasteiger partial charge in [0, 0.05) is 12.3 Å². The highest BCUT2D eigenvalue weighted by Gasteiger charge is 1.95. The number of aryl methyl sites for hydroxylation is 1. The summed E-state index contributed by atoms with van der Waals surface area (Å²) >= 11 is 1.27. The third-order valence-electron chi connectivity index (χ3n) is 0.881. The molecule has 2 nitrogen and oxygen atoms in total. The average Bonchev–Trinajstić information content (AvgIpc) is 2.17. The molecule has 0 aliphatic heterocycles. The standard InChI is InChI=1S/C6H8O2S/c1-5-3-4-6(7-5)8-9-2/h3-4H,1-2H3. The smallest absolute Gasteiger partial charge is 0.296 e. The zero-order valence-corrected chi connectivity index (χ0v) is 6.20. The van der Waals surface area contributed by atoms with Gasteiger partial charge in [0.25, 0.3) is 5.95 Å². The molecular weight excluding hydrogens is 136 g/mol. The maximum Gasteiger partial charge on any atom is 0.296 e. The lowest BCUT2D eigenvalue weighted by Crippen LogP contribution is -1.71. The predicted octanol–water partition coefficient (Wildman–Crippen LogP) is 2.24. The van der Waals surface area contributed by atoms with Crippen molar-refractivity contribution < 1.29 is 8.60 Å². The lowest BCUT2D eigenvalue weighted by Gasteiger charge is -1.91. The lowest BCUT2D eigenvalue weighted by molar-refractivity contribution is 0.408. The molecule has 1 aromatic rings. The SMILES string of the molecule is CSOc1ccc(C)o1. The van der Waals surface area contributed by atoms with Crippen LogP contribution >= 0.6 is 12.0 Å². The highest BCUT2D eigenvalue weighted by atomic mass is 32.2. The van der Waals surface area contributed by atoms with E-state index in [0.717, 1.165) is 5.76 Å². The van der Waals surface area contributed by atoms with Crippen LogP contribution in [0.1, 0.15) is 5.76 Å². The van der Waals surface area contributed by atoms with E-state index in [2.05, 4.69) is 0 Å². The van der Waals surface area contributed by atoms with Crippen LogP contribution in [0.3, 0.4) is 0 Å². The highest BCUT2D eigenvalue weighted by Crippen LogP contribution is 2.17. The molecular formula is C6H8O2S. The minimum Gasteiger partial charge on any atom is -0.430 e. The number of hydrogen-bond donors (Lipinski definition) is 0. The van der Waals surface area contributed by atoms with Crippen LogP contribution in [0.25, 0.3) is 0 Å². The monoisotopic (exact) mass is 144 g/mol. The summed E-state index contributed by atoms with van der Waals surface area (Å²) in [5.41, 5.74) is 0. The van der Waals surface area contributed by atoms with Gasteiger partial charge in [-0.3, -0.25) is 0 Å². The van der Waals surface area contributed by atoms with Crippen LogP contribution in [0, 0.1) is 6.92 Å². The van der Waals surface area contributed by atoms with Crippen molar-refractivity contribution in [3.63, 3.8) is 0 Å². The first-order valence-corrected chi connectivity index (χ1v) is 3.75. The van der Waals surface area contributed by atoms with Crippen molar-refractivity contribution in [2.24, 2.45) is 0 Å². The molecule has 0 atom stereocenters. The van der Waals surface area contributed by atoms with Crippen molar-refractivity contribution >= 4 is 12.0 Å². The molecule has 0 N–H and O–H groups in total. The van der Waals surface area contributed by atoms with Gasteiger partial charge in [0.05, 0.1) is 12.0 Å². The second-order valence-electron chi connectivity index (χ2n) is 1.62. The number of rotatable bonds is 2. The van der Waals surface area contributed by atoms with Crippen molar-refractivity contribution in [1.82, 2.24) is 0 Å². The van der Waals surface area contributed by atoms with Gasteiger partial charge >= 0.3 is 0 Å². The summed E-state index contributed by atoms with van der Waals surface area (Å²) in [5, 5.41) is 0. The van der Waals surface area contributed by atoms with Crippen molar-refractivity contribution in [3.05, 3.63) is 17.9 Å². The maximum absolute atomic E-state index is 5.08. The van der Waals surface area contributed by atoms with E-state index in [1.165, 1.54) is 12.0 Å². The third kappa shape index (κ3) is 1.68. The minimum atomic E-state index is 0.569. The Morgan fingerprint density at radius 1 is 1.56 bits per heavy atom. The molecule has 1 aromatic heterocycles. The molecule has 1 rings (SSSR count). The molecule has 0 fully saturated rings. The fourth-order valence-electron chi connectivity index (χ4n) is 0.539. The van der Waals surface area contributed by atoms with Gasteiger partial charge in [0.2, 0.25) is 0 Å². The van der Waals surface area contributed by atoms with Crippen LogP contribution in [0.15, 0.2) is 16.5 Å². The highest BCUT2D eigenvalue weighted by molar-refractivity contribution is 7.94. The fourth-order valence-corrected chi connectivity index (χ4v) is 0.793. The van der Waals surface area contributed by atoms with Gasteiger partial charge in [-0.1, -0.05) is 0 Å². The zero-order valence-electron chi connectivity index (χ0n) is 5.38. The molecule has 50 valence electrons. The molecule has 0 bridgehead atoms. The van der Waals surface area contributed by atoms with Gasteiger partial charge in [-0.2, -0.15) is 0 Å². The third-order valence-corrected chi connectivity index (χ3v) is 1.21. The van der Waals surface area contributed by atoms with Crippen molar-refractivity contribution in [1.29, 1.82) is 0 Å². The Morgan fingerprint density at radius 2 is 2.33 bits per heavy atom. The van der Waals surface area contributed by atoms with Crippen LogP contribution in [-0.4, -0.2) is 6.26 Å². The van der Waals surface area contributed by atoms with Crippen molar-refractivity contribution in [2.45, 2.75) is 6.92 Å². The van der Waals surface area contributed by atoms with Crippen LogP contribution in [0.5, 0.6) is 5.95 Å². The van der Waals surface area contributed by atoms with Crippen LogP contribution in [0.2, 0.25) is 0 Å². The van der Waals surface area contributed by atoms with Gasteiger partial charge in [-0.25, -0.2) is 0 Å². The van der Waals surface area contributed by atoms with Crippen LogP contribution in [-0.2, 0) is 0 Å². The summed E-state index contributed by atoms with van der Waals surface area (Å²) in [7, 11) is 0. The molecule has 0 amide bonds. The molecule has 9 heavy (non-hydrogen) atoms. The van der Waals surface area contributed by atoms with E-state index in [9.17, 15) is 0 Å². The Bertz CT molecular complexity index is 183. The predicted molar refractivity (Wildman–Crippen MR) is 37.6 cm³/mol. The summed E-state index contributed by atoms with van der Waals surface area (Å²) in [6.45, 7) is 1.88. The first-order valence-electron chi connectivity index (χ1n) is 2.60. The van der Waals surface area contributed by atoms with Crippen LogP contribution < -0.4 is 4.18 Å². The van der Waals surface area contributed by atoms with Gasteiger partial charge in [-0.05, 0) is 13.0 Å². The Hall–Kier alpha value is -0.570. The van der Waals surface area contributed by atoms with Crippen LogP contribution in [0.4, 0.5) is 0 Å². The molecule has 0 radical (unpaired) electrons. The van der Waals surface area contributed by atoms with Crippen molar-refractivity contribution in [2.75, 3.05) is 6.26 Å². The van der Waals surface area contributed by atoms with Gasteiger partial charge in [-0.15, -0.1) is 0 Å². The van der Waals surface area contributed by atoms with Gasteiger partial charge < -0.3 is 8.60 Å². The molecule has 0 aliphatic rings. The summed E-state index contributed by atoms with van der Waals surface area (Å²) in [6, 6.07) is 3.66. The Kier molecular flexibility index (Phi) is 2.05. The van der Waals surface area contributed by atoms with Gasteiger partial charge in [0.15, 0.2) is 0 Å². The minimum absolute atomic E-state index is 0.569. The largest absolute Gasteiger partial charge is 0.430 e. The Balaban J connectivity index is 2.61. The quantitative estimate of drug-likeness (QED) is 0.594. The van der Waals surface area contributed by atoms with E-state index in [1.54, 1.807) is 6.07 Å². The topological polar surface area (TPSA) is 22.4 Å². The summed E-state index contributed by atoms with van der Waals surface area (Å²) < 4.78 is 10.1. The van der Waals surface area contributed by atoms with E-state index >= 15 is 0 Å². The second kappa shape index (κ2) is 2.82. The molecule has 0 saturated heterocycles. The first-order chi connectivity index (χ1) is 4.33. The van der Waals surface area contributed by atoms with E-state index < -0.39 is 0 Å². The summed E-state index contributed by atoms with van der Waals surface area (Å²) in [5.74, 6) is 1.44. The maximum atomic E-state index is 5.08. The summed E-state index contributed by atoms with van der Waals surface area (Å²) in [6.07, 6.45) is 1.85. The number of hydrogen-bond acceptors (Lipinski definition) is 3. The fraction of sp³-hybridized carbons (Fsp3) is 0.333. The first kappa shape index (κ1) is 6.55. The number of furan rings is 1. The normalized spacial score (nSPS) is 9.56. The molecule has 0 unspecified atom stereocenters. The van der Waals surface area contributed by atoms with Crippen molar-refractivity contribution in [3.8, 4) is 5.95 Å². The Labute approximate surface area is 58.4 Å². The molecule has 0 spiro atoms. The lowest BCUT2D eigenvalue weighted by atomic mass is 10.5. The zero-order chi connectivity index (χ0) is 6.69. The Morgan fingerprint density at radius 3 is 2.78 bits per heavy atom. The second-order valence-corrected chi connectivity index (χ2v) is 2.12. The van der Waals surface area contributed by atoms with E-state index in [1.807, 2.05) is 19.2 Å². The van der Waals surface area contributed by atoms with Gasteiger partial charge in [0.1, 0.15) is 5.76 Å². The molecule has 1 heterocycles. The molecule has 0 aromatic carbocycles. The molecule has 3 heteroatoms. The average molecular weight is 144 g/mol. The molecule has 0 aliphatic carbocycles. The summed E-state index contributed by atoms with van der Waals surface area (Å²) in [4.78, 5) is 0.